The van der Waals surface area contributed by atoms with E-state index in [0.29, 0.717) is 15.2 Å². The number of amides is 1. The van der Waals surface area contributed by atoms with Gasteiger partial charge in [-0.3, -0.25) is 10.1 Å². The lowest BCUT2D eigenvalue weighted by Crippen LogP contribution is -2.05. The summed E-state index contributed by atoms with van der Waals surface area (Å²) >= 11 is 1.19. The first-order valence-corrected chi connectivity index (χ1v) is 4.59. The molecule has 2 aromatic rings. The summed E-state index contributed by atoms with van der Waals surface area (Å²) in [4.78, 5) is 25.2. The second-order valence-corrected chi connectivity index (χ2v) is 3.68. The summed E-state index contributed by atoms with van der Waals surface area (Å²) < 4.78 is 0. The van der Waals surface area contributed by atoms with Crippen LogP contribution in [0.1, 0.15) is 0 Å². The van der Waals surface area contributed by atoms with E-state index in [1.165, 1.54) is 29.7 Å². The van der Waals surface area contributed by atoms with Gasteiger partial charge in [-0.2, -0.15) is 0 Å². The Labute approximate surface area is 82.0 Å². The minimum atomic E-state index is -1.14. The fraction of sp³-hybridized carbons (Fsp3) is 0. The van der Waals surface area contributed by atoms with Gasteiger partial charge < -0.3 is 10.1 Å². The number of nitrogens with one attached hydrogen (secondary N) is 2. The van der Waals surface area contributed by atoms with Crippen LogP contribution in [0.2, 0.25) is 0 Å². The van der Waals surface area contributed by atoms with E-state index in [-0.39, 0.29) is 5.43 Å². The van der Waals surface area contributed by atoms with Crippen LogP contribution in [0, 0.1) is 0 Å². The molecule has 14 heavy (non-hydrogen) atoms. The number of rotatable bonds is 1. The lowest BCUT2D eigenvalue weighted by molar-refractivity contribution is 0.210. The number of carboxylic acid groups (broad SMARTS) is 1. The third-order valence-electron chi connectivity index (χ3n) is 1.68. The highest BCUT2D eigenvalue weighted by Gasteiger charge is 2.06. The highest BCUT2D eigenvalue weighted by molar-refractivity contribution is 7.22. The Bertz CT molecular complexity index is 543. The Morgan fingerprint density at radius 1 is 1.57 bits per heavy atom. The minimum Gasteiger partial charge on any atom is -0.465 e. The maximum Gasteiger partial charge on any atom is 0.409 e. The number of hydrogen-bond acceptors (Lipinski definition) is 3. The van der Waals surface area contributed by atoms with Gasteiger partial charge in [0.05, 0.1) is 5.39 Å². The quantitative estimate of drug-likeness (QED) is 0.669. The van der Waals surface area contributed by atoms with Crippen LogP contribution in [0.25, 0.3) is 10.2 Å². The Kier molecular flexibility index (Phi) is 1.97. The monoisotopic (exact) mass is 210 g/mol. The van der Waals surface area contributed by atoms with Gasteiger partial charge in [-0.25, -0.2) is 4.79 Å². The van der Waals surface area contributed by atoms with E-state index in [9.17, 15) is 9.59 Å². The van der Waals surface area contributed by atoms with Crippen LogP contribution in [0.5, 0.6) is 0 Å². The average Bonchev–Trinajstić information content (AvgIpc) is 2.47. The summed E-state index contributed by atoms with van der Waals surface area (Å²) in [7, 11) is 0. The zero-order chi connectivity index (χ0) is 10.1. The van der Waals surface area contributed by atoms with Gasteiger partial charge in [0.2, 0.25) is 0 Å². The van der Waals surface area contributed by atoms with E-state index in [1.54, 1.807) is 0 Å². The van der Waals surface area contributed by atoms with Crippen molar-refractivity contribution in [1.82, 2.24) is 4.98 Å². The van der Waals surface area contributed by atoms with Crippen LogP contribution in [-0.2, 0) is 0 Å². The molecule has 0 spiro atoms. The molecular formula is C8H6N2O3S. The molecule has 72 valence electrons. The van der Waals surface area contributed by atoms with E-state index in [2.05, 4.69) is 10.3 Å². The van der Waals surface area contributed by atoms with Crippen molar-refractivity contribution < 1.29 is 9.90 Å². The van der Waals surface area contributed by atoms with Crippen molar-refractivity contribution in [3.8, 4) is 0 Å². The second kappa shape index (κ2) is 3.15. The van der Waals surface area contributed by atoms with Gasteiger partial charge in [0.15, 0.2) is 5.43 Å². The van der Waals surface area contributed by atoms with E-state index < -0.39 is 6.09 Å². The zero-order valence-electron chi connectivity index (χ0n) is 6.90. The van der Waals surface area contributed by atoms with E-state index in [4.69, 9.17) is 5.11 Å². The van der Waals surface area contributed by atoms with Gasteiger partial charge in [0.1, 0.15) is 9.83 Å². The molecule has 6 heteroatoms. The first-order valence-electron chi connectivity index (χ1n) is 3.78. The summed E-state index contributed by atoms with van der Waals surface area (Å²) in [5.41, 5.74) is -0.117. The first kappa shape index (κ1) is 8.76. The fourth-order valence-electron chi connectivity index (χ4n) is 1.13. The first-order chi connectivity index (χ1) is 6.66. The predicted molar refractivity (Wildman–Crippen MR) is 54.1 cm³/mol. The topological polar surface area (TPSA) is 82.2 Å². The number of H-pyrrole nitrogens is 1. The van der Waals surface area contributed by atoms with Gasteiger partial charge in [-0.1, -0.05) is 11.3 Å². The van der Waals surface area contributed by atoms with Crippen molar-refractivity contribution in [3.63, 3.8) is 0 Å². The lowest BCUT2D eigenvalue weighted by Gasteiger charge is -1.90. The van der Waals surface area contributed by atoms with Crippen LogP contribution in [-0.4, -0.2) is 16.2 Å². The minimum absolute atomic E-state index is 0.117. The van der Waals surface area contributed by atoms with Gasteiger partial charge in [0.25, 0.3) is 0 Å². The second-order valence-electron chi connectivity index (χ2n) is 2.63. The molecule has 1 amide bonds. The molecule has 0 radical (unpaired) electrons. The molecule has 2 heterocycles. The number of hydrogen-bond donors (Lipinski definition) is 3. The fourth-order valence-corrected chi connectivity index (χ4v) is 2.06. The van der Waals surface area contributed by atoms with Crippen molar-refractivity contribution in [2.24, 2.45) is 0 Å². The molecule has 0 saturated heterocycles. The third-order valence-corrected chi connectivity index (χ3v) is 2.66. The van der Waals surface area contributed by atoms with Crippen LogP contribution < -0.4 is 10.7 Å². The molecule has 2 rings (SSSR count). The van der Waals surface area contributed by atoms with Crippen molar-refractivity contribution in [2.75, 3.05) is 5.32 Å². The van der Waals surface area contributed by atoms with Crippen LogP contribution in [0.3, 0.4) is 0 Å². The third kappa shape index (κ3) is 1.47. The van der Waals surface area contributed by atoms with Crippen LogP contribution >= 0.6 is 11.3 Å². The lowest BCUT2D eigenvalue weighted by atomic mass is 10.3. The number of aromatic nitrogens is 1. The van der Waals surface area contributed by atoms with Crippen molar-refractivity contribution in [1.29, 1.82) is 0 Å². The van der Waals surface area contributed by atoms with E-state index in [1.807, 2.05) is 0 Å². The Morgan fingerprint density at radius 2 is 2.36 bits per heavy atom. The van der Waals surface area contributed by atoms with Crippen LogP contribution in [0.4, 0.5) is 9.80 Å². The Morgan fingerprint density at radius 3 is 3.00 bits per heavy atom. The predicted octanol–water partition coefficient (Wildman–Crippen LogP) is 1.68. The molecule has 5 nitrogen and oxygen atoms in total. The molecule has 0 aliphatic carbocycles. The normalized spacial score (nSPS) is 10.3. The number of carbonyl (C=O) groups is 1. The smallest absolute Gasteiger partial charge is 0.409 e. The van der Waals surface area contributed by atoms with E-state index in [0.717, 1.165) is 0 Å². The average molecular weight is 210 g/mol. The molecule has 0 aliphatic rings. The largest absolute Gasteiger partial charge is 0.465 e. The highest BCUT2D eigenvalue weighted by atomic mass is 32.1. The van der Waals surface area contributed by atoms with Crippen molar-refractivity contribution in [3.05, 3.63) is 28.6 Å². The molecule has 0 unspecified atom stereocenters. The van der Waals surface area contributed by atoms with Gasteiger partial charge in [-0.15, -0.1) is 0 Å². The molecule has 2 aromatic heterocycles. The number of pyridine rings is 1. The molecule has 0 atom stereocenters. The Hall–Kier alpha value is -1.82. The Balaban J connectivity index is 2.57. The maximum atomic E-state index is 11.3. The van der Waals surface area contributed by atoms with E-state index >= 15 is 0 Å². The molecular weight excluding hydrogens is 204 g/mol. The van der Waals surface area contributed by atoms with Crippen molar-refractivity contribution in [2.45, 2.75) is 0 Å². The van der Waals surface area contributed by atoms with Gasteiger partial charge in [-0.05, 0) is 6.07 Å². The molecule has 3 N–H and O–H groups in total. The summed E-state index contributed by atoms with van der Waals surface area (Å²) in [6.45, 7) is 0. The zero-order valence-corrected chi connectivity index (χ0v) is 7.72. The number of aromatic amines is 1. The summed E-state index contributed by atoms with van der Waals surface area (Å²) in [5, 5.41) is 11.6. The van der Waals surface area contributed by atoms with Gasteiger partial charge in [0, 0.05) is 12.3 Å². The summed E-state index contributed by atoms with van der Waals surface area (Å²) in [6, 6.07) is 2.92. The number of anilines is 1. The molecule has 0 fully saturated rings. The molecule has 0 aliphatic heterocycles. The molecule has 0 aromatic carbocycles. The van der Waals surface area contributed by atoms with Gasteiger partial charge >= 0.3 is 6.09 Å². The number of thiophene rings is 1. The number of fused-ring (bicyclic) bond motifs is 1. The standard InChI is InChI=1S/C8H6N2O3S/c11-5-1-2-9-7-4(5)3-6(14-7)10-8(12)13/h1-3,10H,(H,9,11)(H,12,13). The SMILES string of the molecule is O=C(O)Nc1cc2c(=O)cc[nH]c2s1. The summed E-state index contributed by atoms with van der Waals surface area (Å²) in [6.07, 6.45) is 0.398. The van der Waals surface area contributed by atoms with Crippen molar-refractivity contribution >= 4 is 32.6 Å². The molecule has 0 bridgehead atoms. The maximum absolute atomic E-state index is 11.3. The highest BCUT2D eigenvalue weighted by Crippen LogP contribution is 2.25. The summed E-state index contributed by atoms with van der Waals surface area (Å²) in [5.74, 6) is 0. The molecule has 0 saturated carbocycles. The van der Waals surface area contributed by atoms with Crippen LogP contribution in [0.15, 0.2) is 23.1 Å².